The fourth-order valence-electron chi connectivity index (χ4n) is 3.23. The minimum atomic E-state index is 0. The number of aromatic nitrogens is 1. The summed E-state index contributed by atoms with van der Waals surface area (Å²) < 4.78 is 5.47. The Kier molecular flexibility index (Phi) is 9.82. The minimum Gasteiger partial charge on any atom is -0.496 e. The molecule has 7 nitrogen and oxygen atoms in total. The van der Waals surface area contributed by atoms with Gasteiger partial charge in [-0.15, -0.1) is 24.0 Å². The van der Waals surface area contributed by atoms with Crippen molar-refractivity contribution in [2.24, 2.45) is 4.99 Å². The summed E-state index contributed by atoms with van der Waals surface area (Å²) in [5.41, 5.74) is 2.95. The fraction of sp³-hybridized carbons (Fsp3) is 0.632. The van der Waals surface area contributed by atoms with E-state index in [9.17, 15) is 4.79 Å². The Hall–Kier alpha value is -1.58. The number of carbonyl (C=O) groups is 1. The molecule has 1 fully saturated rings. The summed E-state index contributed by atoms with van der Waals surface area (Å²) >= 11 is 0. The molecule has 2 heterocycles. The Labute approximate surface area is 179 Å². The van der Waals surface area contributed by atoms with Crippen LogP contribution >= 0.6 is 24.0 Å². The molecule has 1 aliphatic heterocycles. The number of carbonyl (C=O) groups excluding carboxylic acids is 1. The molecule has 1 aromatic rings. The van der Waals surface area contributed by atoms with Crippen LogP contribution in [-0.4, -0.2) is 54.5 Å². The minimum absolute atomic E-state index is 0. The van der Waals surface area contributed by atoms with Gasteiger partial charge in [-0.3, -0.25) is 9.78 Å². The lowest BCUT2D eigenvalue weighted by Crippen LogP contribution is -2.45. The molecule has 1 atom stereocenters. The summed E-state index contributed by atoms with van der Waals surface area (Å²) in [7, 11) is 1.68. The molecule has 27 heavy (non-hydrogen) atoms. The Morgan fingerprint density at radius 2 is 2.15 bits per heavy atom. The number of guanidine groups is 1. The lowest BCUT2D eigenvalue weighted by molar-refractivity contribution is -0.129. The lowest BCUT2D eigenvalue weighted by Gasteiger charge is -2.19. The highest BCUT2D eigenvalue weighted by molar-refractivity contribution is 14.0. The van der Waals surface area contributed by atoms with Gasteiger partial charge in [-0.05, 0) is 27.2 Å². The molecule has 1 aromatic heterocycles. The number of nitrogens with one attached hydrogen (secondary N) is 2. The van der Waals surface area contributed by atoms with E-state index in [-0.39, 0.29) is 35.9 Å². The van der Waals surface area contributed by atoms with E-state index in [1.165, 1.54) is 0 Å². The Bertz CT molecular complexity index is 666. The molecule has 1 saturated heterocycles. The number of aliphatic imine (C=N–C) groups is 1. The summed E-state index contributed by atoms with van der Waals surface area (Å²) in [6.07, 6.45) is 3.31. The number of methoxy groups -OCH3 is 1. The van der Waals surface area contributed by atoms with E-state index >= 15 is 0 Å². The Morgan fingerprint density at radius 3 is 2.78 bits per heavy atom. The third-order valence-electron chi connectivity index (χ3n) is 4.67. The van der Waals surface area contributed by atoms with E-state index in [1.807, 2.05) is 38.8 Å². The van der Waals surface area contributed by atoms with Gasteiger partial charge in [0.15, 0.2) is 5.96 Å². The molecule has 0 aliphatic carbocycles. The highest BCUT2D eigenvalue weighted by Crippen LogP contribution is 2.24. The topological polar surface area (TPSA) is 78.9 Å². The third kappa shape index (κ3) is 6.22. The molecule has 0 bridgehead atoms. The maximum absolute atomic E-state index is 11.8. The Morgan fingerprint density at radius 1 is 1.41 bits per heavy atom. The van der Waals surface area contributed by atoms with Crippen molar-refractivity contribution in [3.05, 3.63) is 23.0 Å². The first-order chi connectivity index (χ1) is 12.5. The smallest absolute Gasteiger partial charge is 0.222 e. The van der Waals surface area contributed by atoms with Crippen LogP contribution < -0.4 is 15.4 Å². The number of likely N-dealkylation sites (tertiary alicyclic amines) is 1. The summed E-state index contributed by atoms with van der Waals surface area (Å²) in [5, 5.41) is 6.72. The normalized spacial score (nSPS) is 16.7. The van der Waals surface area contributed by atoms with Crippen LogP contribution in [0.25, 0.3) is 0 Å². The molecule has 1 aliphatic rings. The molecule has 8 heteroatoms. The van der Waals surface area contributed by atoms with E-state index < -0.39 is 0 Å². The van der Waals surface area contributed by atoms with Crippen LogP contribution in [0.1, 0.15) is 43.5 Å². The molecule has 2 rings (SSSR count). The van der Waals surface area contributed by atoms with E-state index in [0.29, 0.717) is 13.0 Å². The van der Waals surface area contributed by atoms with Crippen molar-refractivity contribution in [3.8, 4) is 5.75 Å². The summed E-state index contributed by atoms with van der Waals surface area (Å²) in [6.45, 7) is 10.7. The predicted octanol–water partition coefficient (Wildman–Crippen LogP) is 2.39. The van der Waals surface area contributed by atoms with Crippen LogP contribution in [-0.2, 0) is 11.3 Å². The number of hydrogen-bond acceptors (Lipinski definition) is 4. The number of rotatable bonds is 6. The predicted molar refractivity (Wildman–Crippen MR) is 119 cm³/mol. The van der Waals surface area contributed by atoms with Crippen molar-refractivity contribution in [2.75, 3.05) is 26.7 Å². The van der Waals surface area contributed by atoms with Gasteiger partial charge in [0.05, 0.1) is 19.3 Å². The van der Waals surface area contributed by atoms with Gasteiger partial charge in [-0.2, -0.15) is 0 Å². The van der Waals surface area contributed by atoms with Gasteiger partial charge in [0.2, 0.25) is 5.91 Å². The summed E-state index contributed by atoms with van der Waals surface area (Å²) in [4.78, 5) is 22.9. The average Bonchev–Trinajstić information content (AvgIpc) is 3.09. The zero-order valence-electron chi connectivity index (χ0n) is 17.0. The standard InChI is InChI=1S/C19H31N5O2.HI/c1-6-17(25)24-9-8-15(12-24)23-19(20-7-2)22-11-16-14(4)18(26-5)13(3)10-21-16;/h10,15H,6-9,11-12H2,1-5H3,(H2,20,22,23);1H. The molecule has 1 unspecified atom stereocenters. The van der Waals surface area contributed by atoms with E-state index in [2.05, 4.69) is 20.6 Å². The largest absolute Gasteiger partial charge is 0.496 e. The highest BCUT2D eigenvalue weighted by Gasteiger charge is 2.25. The highest BCUT2D eigenvalue weighted by atomic mass is 127. The summed E-state index contributed by atoms with van der Waals surface area (Å²) in [6, 6.07) is 0.227. The first kappa shape index (κ1) is 23.5. The number of hydrogen-bond donors (Lipinski definition) is 2. The van der Waals surface area contributed by atoms with Gasteiger partial charge >= 0.3 is 0 Å². The number of amides is 1. The second-order valence-electron chi connectivity index (χ2n) is 6.56. The molecular formula is C19H32IN5O2. The first-order valence-corrected chi connectivity index (χ1v) is 9.31. The van der Waals surface area contributed by atoms with Crippen molar-refractivity contribution in [2.45, 2.75) is 53.1 Å². The van der Waals surface area contributed by atoms with Gasteiger partial charge in [0, 0.05) is 49.4 Å². The van der Waals surface area contributed by atoms with Crippen molar-refractivity contribution >= 4 is 35.8 Å². The van der Waals surface area contributed by atoms with E-state index in [1.54, 1.807) is 7.11 Å². The zero-order valence-corrected chi connectivity index (χ0v) is 19.3. The molecule has 0 aromatic carbocycles. The molecule has 1 amide bonds. The van der Waals surface area contributed by atoms with Crippen molar-refractivity contribution in [1.29, 1.82) is 0 Å². The van der Waals surface area contributed by atoms with E-state index in [0.717, 1.165) is 54.6 Å². The maximum atomic E-state index is 11.8. The van der Waals surface area contributed by atoms with Gasteiger partial charge < -0.3 is 20.3 Å². The SMILES string of the molecule is CCNC(=NCc1ncc(C)c(OC)c1C)NC1CCN(C(=O)CC)C1.I. The van der Waals surface area contributed by atoms with Gasteiger partial charge in [-0.1, -0.05) is 6.92 Å². The quantitative estimate of drug-likeness (QED) is 0.365. The molecule has 0 saturated carbocycles. The molecular weight excluding hydrogens is 457 g/mol. The molecule has 2 N–H and O–H groups in total. The lowest BCUT2D eigenvalue weighted by atomic mass is 10.1. The van der Waals surface area contributed by atoms with Crippen LogP contribution in [0.15, 0.2) is 11.2 Å². The van der Waals surface area contributed by atoms with Gasteiger partial charge in [-0.25, -0.2) is 4.99 Å². The van der Waals surface area contributed by atoms with Crippen LogP contribution in [0, 0.1) is 13.8 Å². The fourth-order valence-corrected chi connectivity index (χ4v) is 3.23. The number of pyridine rings is 1. The van der Waals surface area contributed by atoms with Gasteiger partial charge in [0.1, 0.15) is 5.75 Å². The second-order valence-corrected chi connectivity index (χ2v) is 6.56. The third-order valence-corrected chi connectivity index (χ3v) is 4.67. The second kappa shape index (κ2) is 11.3. The average molecular weight is 489 g/mol. The van der Waals surface area contributed by atoms with Crippen LogP contribution in [0.2, 0.25) is 0 Å². The van der Waals surface area contributed by atoms with Crippen LogP contribution in [0.3, 0.4) is 0 Å². The first-order valence-electron chi connectivity index (χ1n) is 9.31. The molecule has 0 radical (unpaired) electrons. The Balaban J connectivity index is 0.00000364. The number of nitrogens with zero attached hydrogens (tertiary/aromatic N) is 3. The monoisotopic (exact) mass is 489 g/mol. The van der Waals surface area contributed by atoms with Crippen LogP contribution in [0.5, 0.6) is 5.75 Å². The van der Waals surface area contributed by atoms with Crippen LogP contribution in [0.4, 0.5) is 0 Å². The zero-order chi connectivity index (χ0) is 19.1. The van der Waals surface area contributed by atoms with Crippen molar-refractivity contribution < 1.29 is 9.53 Å². The van der Waals surface area contributed by atoms with Gasteiger partial charge in [0.25, 0.3) is 0 Å². The number of aryl methyl sites for hydroxylation is 1. The summed E-state index contributed by atoms with van der Waals surface area (Å²) in [5.74, 6) is 1.83. The van der Waals surface area contributed by atoms with Crippen molar-refractivity contribution in [3.63, 3.8) is 0 Å². The number of halogens is 1. The molecule has 0 spiro atoms. The maximum Gasteiger partial charge on any atom is 0.222 e. The van der Waals surface area contributed by atoms with Crippen molar-refractivity contribution in [1.82, 2.24) is 20.5 Å². The molecule has 152 valence electrons. The number of ether oxygens (including phenoxy) is 1. The van der Waals surface area contributed by atoms with E-state index in [4.69, 9.17) is 4.74 Å².